The number of rotatable bonds is 0. The van der Waals surface area contributed by atoms with Gasteiger partial charge in [0.2, 0.25) is 0 Å². The zero-order valence-electron chi connectivity index (χ0n) is 5.55. The minimum Gasteiger partial charge on any atom is -0.396 e. The predicted octanol–water partition coefficient (Wildman–Crippen LogP) is 0.0588. The predicted molar refractivity (Wildman–Crippen MR) is 26.4 cm³/mol. The first-order valence-electron chi connectivity index (χ1n) is 2.75. The van der Waals surface area contributed by atoms with Gasteiger partial charge in [-0.1, -0.05) is 0 Å². The van der Waals surface area contributed by atoms with Crippen LogP contribution in [0.5, 0.6) is 0 Å². The van der Waals surface area contributed by atoms with Crippen LogP contribution in [-0.2, 0) is 0 Å². The Kier molecular flexibility index (Phi) is 0.500. The summed E-state index contributed by atoms with van der Waals surface area (Å²) in [5.41, 5.74) is 5.21. The third-order valence-electron chi connectivity index (χ3n) is 0.485. The highest BCUT2D eigenvalue weighted by Gasteiger charge is 1.74. The summed E-state index contributed by atoms with van der Waals surface area (Å²) in [5, 5.41) is 0. The van der Waals surface area contributed by atoms with Gasteiger partial charge in [0, 0.05) is 0 Å². The third-order valence-corrected chi connectivity index (χ3v) is 0.485. The number of anilines is 1. The van der Waals surface area contributed by atoms with Crippen molar-refractivity contribution in [1.29, 1.82) is 0 Å². The number of aromatic nitrogens is 2. The summed E-state index contributed by atoms with van der Waals surface area (Å²) in [6.45, 7) is 0. The van der Waals surface area contributed by atoms with Gasteiger partial charge in [-0.3, -0.25) is 0 Å². The van der Waals surface area contributed by atoms with Crippen LogP contribution in [-0.4, -0.2) is 9.97 Å². The van der Waals surface area contributed by atoms with E-state index < -0.39 is 0 Å². The quantitative estimate of drug-likeness (QED) is 0.498. The zero-order valence-corrected chi connectivity index (χ0v) is 3.55. The maximum atomic E-state index is 6.96. The molecule has 2 N–H and O–H groups in total. The first-order valence-corrected chi connectivity index (χ1v) is 1.75. The lowest BCUT2D eigenvalue weighted by Crippen LogP contribution is -1.85. The van der Waals surface area contributed by atoms with Gasteiger partial charge in [0.15, 0.2) is 0 Å². The molecule has 36 valence electrons. The Morgan fingerprint density at radius 3 is 2.57 bits per heavy atom. The molecule has 0 fully saturated rings. The van der Waals surface area contributed by atoms with Crippen LogP contribution in [0.2, 0.25) is 0 Å². The van der Waals surface area contributed by atoms with Crippen molar-refractivity contribution in [3.05, 3.63) is 18.7 Å². The van der Waals surface area contributed by atoms with Gasteiger partial charge >= 0.3 is 0 Å². The fourth-order valence-corrected chi connectivity index (χ4v) is 0.251. The van der Waals surface area contributed by atoms with E-state index in [2.05, 4.69) is 9.97 Å². The highest BCUT2D eigenvalue weighted by atomic mass is 14.8. The first kappa shape index (κ1) is 2.26. The Morgan fingerprint density at radius 1 is 1.57 bits per heavy atom. The second-order valence-electron chi connectivity index (χ2n) is 1.01. The lowest BCUT2D eigenvalue weighted by Gasteiger charge is -1.82. The van der Waals surface area contributed by atoms with Gasteiger partial charge < -0.3 is 5.73 Å². The van der Waals surface area contributed by atoms with E-state index in [0.29, 0.717) is 0 Å². The monoisotopic (exact) mass is 97.1 g/mol. The van der Waals surface area contributed by atoms with Crippen LogP contribution >= 0.6 is 0 Å². The minimum absolute atomic E-state index is 0.0255. The Labute approximate surface area is 44.0 Å². The van der Waals surface area contributed by atoms with E-state index in [4.69, 9.17) is 8.48 Å². The number of nitrogens with zero attached hydrogens (tertiary/aromatic N) is 2. The molecular formula is C4H5N3. The average Bonchev–Trinajstić information content (AvgIpc) is 1.83. The van der Waals surface area contributed by atoms with Crippen molar-refractivity contribution in [3.8, 4) is 0 Å². The molecule has 3 nitrogen and oxygen atoms in total. The van der Waals surface area contributed by atoms with E-state index in [1.165, 1.54) is 0 Å². The molecule has 0 saturated heterocycles. The SMILES string of the molecule is [2H]c1ncnc([2H])c1N. The third kappa shape index (κ3) is 0.855. The van der Waals surface area contributed by atoms with E-state index in [9.17, 15) is 0 Å². The van der Waals surface area contributed by atoms with Crippen molar-refractivity contribution in [2.75, 3.05) is 5.73 Å². The summed E-state index contributed by atoms with van der Waals surface area (Å²) in [7, 11) is 0. The Hall–Kier alpha value is -1.12. The molecule has 1 rings (SSSR count). The molecule has 0 radical (unpaired) electrons. The molecule has 3 heteroatoms. The molecule has 1 aromatic rings. The van der Waals surface area contributed by atoms with Crippen LogP contribution in [0.15, 0.2) is 18.7 Å². The summed E-state index contributed by atoms with van der Waals surface area (Å²) in [4.78, 5) is 6.90. The molecule has 0 aromatic carbocycles. The molecule has 0 bridgehead atoms. The summed E-state index contributed by atoms with van der Waals surface area (Å²) in [5.74, 6) is 0. The van der Waals surface area contributed by atoms with Gasteiger partial charge in [0.1, 0.15) is 6.33 Å². The molecule has 0 unspecified atom stereocenters. The highest BCUT2D eigenvalue weighted by molar-refractivity contribution is 5.28. The van der Waals surface area contributed by atoms with Crippen molar-refractivity contribution in [1.82, 2.24) is 9.97 Å². The molecule has 0 amide bonds. The van der Waals surface area contributed by atoms with Crippen LogP contribution in [0.25, 0.3) is 0 Å². The topological polar surface area (TPSA) is 51.8 Å². The van der Waals surface area contributed by atoms with E-state index in [-0.39, 0.29) is 18.0 Å². The lowest BCUT2D eigenvalue weighted by molar-refractivity contribution is 1.17. The number of hydrogen-bond acceptors (Lipinski definition) is 3. The maximum Gasteiger partial charge on any atom is 0.115 e. The number of nitrogens with two attached hydrogens (primary N) is 1. The van der Waals surface area contributed by atoms with E-state index >= 15 is 0 Å². The van der Waals surface area contributed by atoms with Gasteiger partial charge in [0.25, 0.3) is 0 Å². The molecule has 7 heavy (non-hydrogen) atoms. The van der Waals surface area contributed by atoms with Crippen molar-refractivity contribution >= 4 is 5.69 Å². The first-order chi connectivity index (χ1) is 4.22. The van der Waals surface area contributed by atoms with Gasteiger partial charge in [-0.05, 0) is 0 Å². The van der Waals surface area contributed by atoms with Gasteiger partial charge in [-0.15, -0.1) is 0 Å². The molecule has 0 saturated carbocycles. The van der Waals surface area contributed by atoms with Crippen LogP contribution in [0.4, 0.5) is 5.69 Å². The summed E-state index contributed by atoms with van der Waals surface area (Å²) in [6, 6.07) is 0. The van der Waals surface area contributed by atoms with E-state index in [1.54, 1.807) is 0 Å². The lowest BCUT2D eigenvalue weighted by atomic mass is 10.6. The van der Waals surface area contributed by atoms with Crippen molar-refractivity contribution in [2.45, 2.75) is 0 Å². The van der Waals surface area contributed by atoms with Crippen molar-refractivity contribution < 1.29 is 2.74 Å². The van der Waals surface area contributed by atoms with Gasteiger partial charge in [-0.2, -0.15) is 0 Å². The fraction of sp³-hybridized carbons (Fsp3) is 0. The smallest absolute Gasteiger partial charge is 0.115 e. The molecule has 0 aliphatic rings. The fourth-order valence-electron chi connectivity index (χ4n) is 0.251. The largest absolute Gasteiger partial charge is 0.396 e. The molecule has 0 aliphatic carbocycles. The number of hydrogen-bond donors (Lipinski definition) is 1. The minimum atomic E-state index is -0.0880. The van der Waals surface area contributed by atoms with Crippen LogP contribution < -0.4 is 5.73 Å². The Balaban J connectivity index is 3.25. The molecule has 0 spiro atoms. The second kappa shape index (κ2) is 1.55. The number of nitrogen functional groups attached to an aromatic ring is 1. The van der Waals surface area contributed by atoms with Gasteiger partial charge in [0.05, 0.1) is 20.8 Å². The molecule has 1 heterocycles. The molecule has 0 atom stereocenters. The molecule has 1 aromatic heterocycles. The normalized spacial score (nSPS) is 12.6. The van der Waals surface area contributed by atoms with Crippen molar-refractivity contribution in [2.24, 2.45) is 0 Å². The Morgan fingerprint density at radius 2 is 2.14 bits per heavy atom. The Bertz CT molecular complexity index is 205. The summed E-state index contributed by atoms with van der Waals surface area (Å²) in [6.07, 6.45) is 0.964. The van der Waals surface area contributed by atoms with E-state index in [0.717, 1.165) is 6.33 Å². The zero-order chi connectivity index (χ0) is 6.85. The van der Waals surface area contributed by atoms with Crippen molar-refractivity contribution in [3.63, 3.8) is 0 Å². The average molecular weight is 97.1 g/mol. The molecule has 0 aliphatic heterocycles. The van der Waals surface area contributed by atoms with Crippen LogP contribution in [0.1, 0.15) is 2.74 Å². The second-order valence-corrected chi connectivity index (χ2v) is 1.01. The highest BCUT2D eigenvalue weighted by Crippen LogP contribution is 1.88. The standard InChI is InChI=1S/C4H5N3/c5-4-1-6-3-7-2-4/h1-3H,5H2/i1D,2D. The molecular weight excluding hydrogens is 90.1 g/mol. The summed E-state index contributed by atoms with van der Waals surface area (Å²) >= 11 is 0. The van der Waals surface area contributed by atoms with Crippen LogP contribution in [0.3, 0.4) is 0 Å². The van der Waals surface area contributed by atoms with Crippen LogP contribution in [0, 0.1) is 0 Å². The van der Waals surface area contributed by atoms with E-state index in [1.807, 2.05) is 0 Å². The maximum absolute atomic E-state index is 6.96. The van der Waals surface area contributed by atoms with Gasteiger partial charge in [-0.25, -0.2) is 9.97 Å². The summed E-state index contributed by atoms with van der Waals surface area (Å²) < 4.78 is 13.9.